The molecule has 1 aromatic heterocycles. The maximum absolute atomic E-state index is 12.0. The molecule has 1 aliphatic rings. The molecule has 23 heavy (non-hydrogen) atoms. The van der Waals surface area contributed by atoms with Gasteiger partial charge in [-0.1, -0.05) is 18.2 Å². The minimum absolute atomic E-state index is 0.255. The molecule has 2 heterocycles. The second-order valence-electron chi connectivity index (χ2n) is 5.71. The summed E-state index contributed by atoms with van der Waals surface area (Å²) in [5.74, 6) is 1.09. The lowest BCUT2D eigenvalue weighted by molar-refractivity contribution is -0.679. The number of anilines is 1. The number of amides is 1. The van der Waals surface area contributed by atoms with E-state index >= 15 is 0 Å². The van der Waals surface area contributed by atoms with Crippen molar-refractivity contribution >= 4 is 11.8 Å². The minimum atomic E-state index is -0.306. The van der Waals surface area contributed by atoms with Crippen LogP contribution in [0, 0.1) is 0 Å². The van der Waals surface area contributed by atoms with Crippen molar-refractivity contribution in [2.24, 2.45) is 7.05 Å². The third-order valence-electron chi connectivity index (χ3n) is 4.37. The monoisotopic (exact) mass is 313 g/mol. The van der Waals surface area contributed by atoms with Gasteiger partial charge in [0.15, 0.2) is 11.4 Å². The highest BCUT2D eigenvalue weighted by Crippen LogP contribution is 2.37. The maximum atomic E-state index is 12.0. The first-order valence-corrected chi connectivity index (χ1v) is 7.61. The lowest BCUT2D eigenvalue weighted by atomic mass is 9.96. The smallest absolute Gasteiger partial charge is 0.414 e. The fourth-order valence-corrected chi connectivity index (χ4v) is 3.15. The summed E-state index contributed by atoms with van der Waals surface area (Å²) in [5.41, 5.74) is 3.33. The molecule has 2 aromatic rings. The predicted molar refractivity (Wildman–Crippen MR) is 86.8 cm³/mol. The van der Waals surface area contributed by atoms with Crippen LogP contribution in [0.5, 0.6) is 5.75 Å². The molecule has 1 aliphatic heterocycles. The highest BCUT2D eigenvalue weighted by atomic mass is 16.5. The zero-order chi connectivity index (χ0) is 16.4. The number of pyridine rings is 1. The molecule has 1 unspecified atom stereocenters. The van der Waals surface area contributed by atoms with Crippen LogP contribution in [0.25, 0.3) is 0 Å². The number of benzene rings is 1. The summed E-state index contributed by atoms with van der Waals surface area (Å²) in [7, 11) is 5.09. The number of carbonyl (C=O) groups excluding carboxylic acids is 1. The zero-order valence-corrected chi connectivity index (χ0v) is 13.7. The molecule has 0 saturated carbocycles. The van der Waals surface area contributed by atoms with Gasteiger partial charge in [-0.05, 0) is 17.7 Å². The molecule has 1 atom stereocenters. The number of fused-ring (bicyclic) bond motifs is 1. The van der Waals surface area contributed by atoms with Crippen LogP contribution >= 0.6 is 0 Å². The van der Waals surface area contributed by atoms with E-state index in [-0.39, 0.29) is 12.0 Å². The van der Waals surface area contributed by atoms with E-state index in [9.17, 15) is 4.79 Å². The Hall–Kier alpha value is -2.56. The zero-order valence-electron chi connectivity index (χ0n) is 13.7. The first-order valence-electron chi connectivity index (χ1n) is 7.61. The van der Waals surface area contributed by atoms with Crippen molar-refractivity contribution in [3.63, 3.8) is 0 Å². The van der Waals surface area contributed by atoms with E-state index in [0.29, 0.717) is 6.54 Å². The van der Waals surface area contributed by atoms with Crippen LogP contribution in [-0.2, 0) is 18.2 Å². The quantitative estimate of drug-likeness (QED) is 0.817. The number of methoxy groups -OCH3 is 2. The van der Waals surface area contributed by atoms with Gasteiger partial charge >= 0.3 is 6.09 Å². The molecular formula is C18H21N2O3+. The molecule has 5 nitrogen and oxygen atoms in total. The molecule has 1 aromatic carbocycles. The first kappa shape index (κ1) is 15.3. The number of hydrogen-bond donors (Lipinski definition) is 0. The van der Waals surface area contributed by atoms with Gasteiger partial charge in [0.25, 0.3) is 0 Å². The van der Waals surface area contributed by atoms with E-state index in [0.717, 1.165) is 17.9 Å². The molecule has 5 heteroatoms. The van der Waals surface area contributed by atoms with Gasteiger partial charge in [-0.2, -0.15) is 0 Å². The van der Waals surface area contributed by atoms with E-state index in [1.54, 1.807) is 12.0 Å². The van der Waals surface area contributed by atoms with E-state index in [4.69, 9.17) is 9.47 Å². The second-order valence-corrected chi connectivity index (χ2v) is 5.71. The molecule has 0 saturated heterocycles. The van der Waals surface area contributed by atoms with Crippen molar-refractivity contribution in [1.29, 1.82) is 0 Å². The third kappa shape index (κ3) is 2.86. The first-order chi connectivity index (χ1) is 11.1. The van der Waals surface area contributed by atoms with E-state index in [1.165, 1.54) is 18.4 Å². The van der Waals surface area contributed by atoms with Crippen LogP contribution in [0.1, 0.15) is 17.2 Å². The Morgan fingerprint density at radius 3 is 2.74 bits per heavy atom. The Bertz CT molecular complexity index is 730. The number of ether oxygens (including phenoxy) is 2. The molecule has 0 spiro atoms. The van der Waals surface area contributed by atoms with Crippen LogP contribution in [0.4, 0.5) is 10.5 Å². The van der Waals surface area contributed by atoms with E-state index < -0.39 is 0 Å². The van der Waals surface area contributed by atoms with Crippen molar-refractivity contribution in [3.8, 4) is 5.75 Å². The molecule has 0 N–H and O–H groups in total. The Morgan fingerprint density at radius 1 is 1.26 bits per heavy atom. The van der Waals surface area contributed by atoms with Crippen LogP contribution in [0.2, 0.25) is 0 Å². The van der Waals surface area contributed by atoms with Gasteiger partial charge in [0, 0.05) is 24.9 Å². The molecule has 0 radical (unpaired) electrons. The standard InChI is InChI=1S/C18H21N2O3/c1-19-12-15(22-2)9-8-14(19)10-13-11-20(18(21)23-3)17-7-5-4-6-16(13)17/h4-9,12-13H,10-11H2,1-3H3/q+1. The summed E-state index contributed by atoms with van der Waals surface area (Å²) < 4.78 is 12.2. The van der Waals surface area contributed by atoms with Gasteiger partial charge in [0.2, 0.25) is 6.20 Å². The maximum Gasteiger partial charge on any atom is 0.414 e. The summed E-state index contributed by atoms with van der Waals surface area (Å²) in [5, 5.41) is 0. The van der Waals surface area contributed by atoms with Gasteiger partial charge in [-0.25, -0.2) is 9.36 Å². The highest BCUT2D eigenvalue weighted by Gasteiger charge is 2.34. The SMILES string of the molecule is COC(=O)N1CC(Cc2ccc(OC)c[n+]2C)c2ccccc21. The number of aromatic nitrogens is 1. The predicted octanol–water partition coefficient (Wildman–Crippen LogP) is 2.43. The van der Waals surface area contributed by atoms with Crippen molar-refractivity contribution in [1.82, 2.24) is 0 Å². The minimum Gasteiger partial charge on any atom is -0.491 e. The van der Waals surface area contributed by atoms with Gasteiger partial charge in [-0.15, -0.1) is 0 Å². The summed E-state index contributed by atoms with van der Waals surface area (Å²) in [4.78, 5) is 13.7. The molecular weight excluding hydrogens is 292 g/mol. The van der Waals surface area contributed by atoms with Crippen LogP contribution in [-0.4, -0.2) is 26.9 Å². The number of carbonyl (C=O) groups is 1. The number of nitrogens with zero attached hydrogens (tertiary/aromatic N) is 2. The van der Waals surface area contributed by atoms with Crippen molar-refractivity contribution in [2.45, 2.75) is 12.3 Å². The fraction of sp³-hybridized carbons (Fsp3) is 0.333. The summed E-state index contributed by atoms with van der Waals surface area (Å²) in [6, 6.07) is 12.1. The topological polar surface area (TPSA) is 42.6 Å². The van der Waals surface area contributed by atoms with Gasteiger partial charge < -0.3 is 9.47 Å². The molecule has 120 valence electrons. The molecule has 0 aliphatic carbocycles. The average Bonchev–Trinajstić information content (AvgIpc) is 2.95. The van der Waals surface area contributed by atoms with Gasteiger partial charge in [0.05, 0.1) is 19.9 Å². The Labute approximate surface area is 136 Å². The largest absolute Gasteiger partial charge is 0.491 e. The van der Waals surface area contributed by atoms with Gasteiger partial charge in [0.1, 0.15) is 7.05 Å². The van der Waals surface area contributed by atoms with Crippen LogP contribution < -0.4 is 14.2 Å². The lowest BCUT2D eigenvalue weighted by Crippen LogP contribution is -2.35. The van der Waals surface area contributed by atoms with Crippen molar-refractivity contribution < 1.29 is 18.8 Å². The summed E-state index contributed by atoms with van der Waals surface area (Å²) >= 11 is 0. The molecule has 1 amide bonds. The summed E-state index contributed by atoms with van der Waals surface area (Å²) in [6.07, 6.45) is 2.51. The van der Waals surface area contributed by atoms with Crippen molar-refractivity contribution in [3.05, 3.63) is 53.9 Å². The fourth-order valence-electron chi connectivity index (χ4n) is 3.15. The van der Waals surface area contributed by atoms with Crippen LogP contribution in [0.15, 0.2) is 42.6 Å². The Balaban J connectivity index is 1.88. The molecule has 0 fully saturated rings. The number of para-hydroxylation sites is 1. The summed E-state index contributed by atoms with van der Waals surface area (Å²) in [6.45, 7) is 0.637. The number of aryl methyl sites for hydroxylation is 1. The number of rotatable bonds is 3. The third-order valence-corrected chi connectivity index (χ3v) is 4.37. The molecule has 0 bridgehead atoms. The van der Waals surface area contributed by atoms with Gasteiger partial charge in [-0.3, -0.25) is 4.90 Å². The van der Waals surface area contributed by atoms with E-state index in [1.807, 2.05) is 37.5 Å². The number of hydrogen-bond acceptors (Lipinski definition) is 3. The van der Waals surface area contributed by atoms with Crippen molar-refractivity contribution in [2.75, 3.05) is 25.7 Å². The molecule has 3 rings (SSSR count). The Morgan fingerprint density at radius 2 is 2.04 bits per heavy atom. The lowest BCUT2D eigenvalue weighted by Gasteiger charge is -2.15. The highest BCUT2D eigenvalue weighted by molar-refractivity contribution is 5.90. The second kappa shape index (κ2) is 6.28. The average molecular weight is 313 g/mol. The van der Waals surface area contributed by atoms with E-state index in [2.05, 4.69) is 16.7 Å². The normalized spacial score (nSPS) is 16.1. The Kier molecular flexibility index (Phi) is 4.19. The van der Waals surface area contributed by atoms with Crippen LogP contribution in [0.3, 0.4) is 0 Å².